The molecule has 2 heterocycles. The van der Waals surface area contributed by atoms with Gasteiger partial charge in [-0.3, -0.25) is 9.59 Å². The van der Waals surface area contributed by atoms with Crippen molar-refractivity contribution in [3.63, 3.8) is 0 Å². The molecule has 1 atom stereocenters. The molecule has 4 nitrogen and oxygen atoms in total. The Labute approximate surface area is 201 Å². The predicted octanol–water partition coefficient (Wildman–Crippen LogP) is 6.80. The fraction of sp³-hybridized carbons (Fsp3) is 0.367. The van der Waals surface area contributed by atoms with E-state index in [4.69, 9.17) is 0 Å². The Hall–Kier alpha value is -3.27. The Morgan fingerprint density at radius 1 is 0.941 bits per heavy atom. The van der Waals surface area contributed by atoms with Crippen LogP contribution in [-0.2, 0) is 4.79 Å². The van der Waals surface area contributed by atoms with Crippen molar-refractivity contribution in [2.24, 2.45) is 11.8 Å². The fourth-order valence-electron chi connectivity index (χ4n) is 5.83. The molecule has 0 amide bonds. The number of allylic oxidation sites excluding steroid dienone is 2. The number of fused-ring (bicyclic) bond motifs is 1. The quantitative estimate of drug-likeness (QED) is 0.353. The molecule has 0 spiro atoms. The summed E-state index contributed by atoms with van der Waals surface area (Å²) in [5.41, 5.74) is 5.57. The smallest absolute Gasteiger partial charge is 0.162 e. The first kappa shape index (κ1) is 22.5. The van der Waals surface area contributed by atoms with Crippen LogP contribution in [0.2, 0.25) is 0 Å². The van der Waals surface area contributed by atoms with E-state index < -0.39 is 0 Å². The van der Waals surface area contributed by atoms with Crippen LogP contribution in [0.5, 0.6) is 0 Å². The Balaban J connectivity index is 1.19. The van der Waals surface area contributed by atoms with Gasteiger partial charge in [0.15, 0.2) is 5.78 Å². The van der Waals surface area contributed by atoms with Crippen LogP contribution in [0.3, 0.4) is 0 Å². The molecule has 1 aromatic heterocycles. The summed E-state index contributed by atoms with van der Waals surface area (Å²) in [5.74, 6) is 1.27. The van der Waals surface area contributed by atoms with Crippen LogP contribution in [0.15, 0.2) is 73.2 Å². The minimum atomic E-state index is 0.0219. The molecule has 2 aliphatic rings. The summed E-state index contributed by atoms with van der Waals surface area (Å²) in [4.78, 5) is 30.2. The summed E-state index contributed by atoms with van der Waals surface area (Å²) in [5, 5.41) is 0. The van der Waals surface area contributed by atoms with Crippen molar-refractivity contribution in [1.82, 2.24) is 9.55 Å². The van der Waals surface area contributed by atoms with Gasteiger partial charge in [-0.2, -0.15) is 0 Å². The molecule has 4 heteroatoms. The lowest BCUT2D eigenvalue weighted by atomic mass is 9.76. The third-order valence-electron chi connectivity index (χ3n) is 7.78. The first-order chi connectivity index (χ1) is 16.6. The number of benzene rings is 2. The van der Waals surface area contributed by atoms with E-state index in [-0.39, 0.29) is 17.7 Å². The predicted molar refractivity (Wildman–Crippen MR) is 135 cm³/mol. The summed E-state index contributed by atoms with van der Waals surface area (Å²) in [6, 6.07) is 20.0. The van der Waals surface area contributed by atoms with Gasteiger partial charge in [0.2, 0.25) is 0 Å². The summed E-state index contributed by atoms with van der Waals surface area (Å²) in [7, 11) is 0. The van der Waals surface area contributed by atoms with Crippen LogP contribution in [0.25, 0.3) is 11.1 Å². The maximum absolute atomic E-state index is 13.4. The molecule has 1 aliphatic heterocycles. The molecule has 1 fully saturated rings. The second-order valence-corrected chi connectivity index (χ2v) is 9.82. The molecule has 3 aromatic rings. The van der Waals surface area contributed by atoms with Gasteiger partial charge >= 0.3 is 0 Å². The van der Waals surface area contributed by atoms with E-state index in [0.717, 1.165) is 43.4 Å². The van der Waals surface area contributed by atoms with Crippen molar-refractivity contribution < 1.29 is 9.59 Å². The molecule has 1 unspecified atom stereocenters. The van der Waals surface area contributed by atoms with Crippen molar-refractivity contribution in [2.75, 3.05) is 0 Å². The number of nitrogens with zero attached hydrogens (tertiary/aromatic N) is 2. The second-order valence-electron chi connectivity index (χ2n) is 9.82. The topological polar surface area (TPSA) is 52.0 Å². The van der Waals surface area contributed by atoms with Crippen LogP contribution in [-0.4, -0.2) is 21.1 Å². The Morgan fingerprint density at radius 3 is 2.32 bits per heavy atom. The van der Waals surface area contributed by atoms with Gasteiger partial charge in [-0.15, -0.1) is 0 Å². The third kappa shape index (κ3) is 4.54. The standard InChI is InChI=1S/C30H32N2O2/c1-21-27-19-31-20-32(27)26(30(21)25-10-6-3-7-11-25)18-29(34)24-15-12-22(13-16-24)14-17-28(33)23-8-4-2-5-9-23/h2-11,19-20,22,24,26H,12-18H2,1H3. The lowest BCUT2D eigenvalue weighted by Crippen LogP contribution is -2.24. The zero-order valence-electron chi connectivity index (χ0n) is 19.8. The highest BCUT2D eigenvalue weighted by Crippen LogP contribution is 2.45. The van der Waals surface area contributed by atoms with E-state index in [2.05, 4.69) is 40.7 Å². The largest absolute Gasteiger partial charge is 0.323 e. The molecule has 0 bridgehead atoms. The van der Waals surface area contributed by atoms with E-state index >= 15 is 0 Å². The van der Waals surface area contributed by atoms with Gasteiger partial charge in [-0.25, -0.2) is 4.98 Å². The number of Topliss-reactive ketones (excluding diaryl/α,β-unsaturated/α-hetero) is 2. The maximum Gasteiger partial charge on any atom is 0.162 e. The number of ketones is 2. The van der Waals surface area contributed by atoms with E-state index in [9.17, 15) is 9.59 Å². The Kier molecular flexibility index (Phi) is 6.57. The van der Waals surface area contributed by atoms with Crippen LogP contribution < -0.4 is 0 Å². The number of rotatable bonds is 8. The zero-order valence-corrected chi connectivity index (χ0v) is 19.8. The zero-order chi connectivity index (χ0) is 23.5. The molecule has 0 radical (unpaired) electrons. The summed E-state index contributed by atoms with van der Waals surface area (Å²) < 4.78 is 2.18. The van der Waals surface area contributed by atoms with E-state index in [1.54, 1.807) is 0 Å². The number of hydrogen-bond acceptors (Lipinski definition) is 3. The molecule has 0 N–H and O–H groups in total. The van der Waals surface area contributed by atoms with Gasteiger partial charge in [-0.1, -0.05) is 60.7 Å². The van der Waals surface area contributed by atoms with Crippen LogP contribution >= 0.6 is 0 Å². The molecular formula is C30H32N2O2. The van der Waals surface area contributed by atoms with E-state index in [0.29, 0.717) is 24.5 Å². The fourth-order valence-corrected chi connectivity index (χ4v) is 5.83. The van der Waals surface area contributed by atoms with Crippen molar-refractivity contribution in [3.05, 3.63) is 90.0 Å². The number of carbonyl (C=O) groups excluding carboxylic acids is 2. The van der Waals surface area contributed by atoms with E-state index in [1.807, 2.05) is 48.9 Å². The average Bonchev–Trinajstić information content (AvgIpc) is 3.47. The highest BCUT2D eigenvalue weighted by Gasteiger charge is 2.34. The third-order valence-corrected chi connectivity index (χ3v) is 7.78. The molecule has 0 saturated heterocycles. The van der Waals surface area contributed by atoms with Gasteiger partial charge < -0.3 is 4.57 Å². The Morgan fingerprint density at radius 2 is 1.62 bits per heavy atom. The molecule has 174 valence electrons. The highest BCUT2D eigenvalue weighted by atomic mass is 16.1. The molecule has 1 saturated carbocycles. The second kappa shape index (κ2) is 9.92. The van der Waals surface area contributed by atoms with Crippen molar-refractivity contribution in [2.45, 2.75) is 57.9 Å². The van der Waals surface area contributed by atoms with Gasteiger partial charge in [-0.05, 0) is 61.7 Å². The first-order valence-electron chi connectivity index (χ1n) is 12.5. The summed E-state index contributed by atoms with van der Waals surface area (Å²) in [6.07, 6.45) is 9.79. The molecule has 5 rings (SSSR count). The molecule has 34 heavy (non-hydrogen) atoms. The lowest BCUT2D eigenvalue weighted by molar-refractivity contribution is -0.124. The highest BCUT2D eigenvalue weighted by molar-refractivity contribution is 5.97. The lowest BCUT2D eigenvalue weighted by Gasteiger charge is -2.29. The van der Waals surface area contributed by atoms with Crippen LogP contribution in [0, 0.1) is 11.8 Å². The van der Waals surface area contributed by atoms with E-state index in [1.165, 1.54) is 16.7 Å². The first-order valence-corrected chi connectivity index (χ1v) is 12.5. The Bertz CT molecular complexity index is 1180. The van der Waals surface area contributed by atoms with Crippen molar-refractivity contribution in [1.29, 1.82) is 0 Å². The number of hydrogen-bond donors (Lipinski definition) is 0. The van der Waals surface area contributed by atoms with Gasteiger partial charge in [0.1, 0.15) is 5.78 Å². The minimum absolute atomic E-state index is 0.0219. The molecular weight excluding hydrogens is 420 g/mol. The normalized spacial score (nSPS) is 22.0. The van der Waals surface area contributed by atoms with Gasteiger partial charge in [0, 0.05) is 24.3 Å². The SMILES string of the molecule is CC1=C(c2ccccc2)C(CC(=O)C2CCC(CCC(=O)c3ccccc3)CC2)n2cncc21. The number of aromatic nitrogens is 2. The average molecular weight is 453 g/mol. The summed E-state index contributed by atoms with van der Waals surface area (Å²) >= 11 is 0. The number of carbonyl (C=O) groups is 2. The molecule has 1 aliphatic carbocycles. The minimum Gasteiger partial charge on any atom is -0.323 e. The van der Waals surface area contributed by atoms with Gasteiger partial charge in [0.05, 0.1) is 24.3 Å². The number of imidazole rings is 1. The van der Waals surface area contributed by atoms with Crippen molar-refractivity contribution in [3.8, 4) is 0 Å². The van der Waals surface area contributed by atoms with Crippen LogP contribution in [0.1, 0.15) is 79.5 Å². The summed E-state index contributed by atoms with van der Waals surface area (Å²) in [6.45, 7) is 2.14. The maximum atomic E-state index is 13.4. The van der Waals surface area contributed by atoms with Crippen LogP contribution in [0.4, 0.5) is 0 Å². The van der Waals surface area contributed by atoms with Gasteiger partial charge in [0.25, 0.3) is 0 Å². The molecule has 2 aromatic carbocycles. The van der Waals surface area contributed by atoms with Crippen molar-refractivity contribution >= 4 is 22.7 Å². The monoisotopic (exact) mass is 452 g/mol.